The molecule has 2 aromatic carbocycles. The van der Waals surface area contributed by atoms with E-state index >= 15 is 0 Å². The van der Waals surface area contributed by atoms with E-state index in [2.05, 4.69) is 13.2 Å². The second-order valence-electron chi connectivity index (χ2n) is 11.6. The SMILES string of the molecule is C=CCN(CCC)C(=O)[C@@H]1[C@H]2C(=O)N([C@@H](CO)Cc3ccccc3)C(C(=O)N(CC=C)c3ccc(Cl)cc3)C23CC[C@H]1S3. The number of aliphatic hydroxyl groups excluding tert-OH is 1. The fourth-order valence-electron chi connectivity index (χ4n) is 7.33. The molecule has 5 rings (SSSR count). The van der Waals surface area contributed by atoms with Crippen molar-refractivity contribution in [3.63, 3.8) is 0 Å². The molecule has 3 aliphatic rings. The minimum absolute atomic E-state index is 0.0449. The van der Waals surface area contributed by atoms with E-state index in [1.54, 1.807) is 62.9 Å². The van der Waals surface area contributed by atoms with E-state index in [9.17, 15) is 19.5 Å². The van der Waals surface area contributed by atoms with Crippen molar-refractivity contribution in [3.8, 4) is 0 Å². The topological polar surface area (TPSA) is 81.2 Å². The van der Waals surface area contributed by atoms with Gasteiger partial charge in [-0.05, 0) is 55.5 Å². The van der Waals surface area contributed by atoms with Crippen LogP contribution in [0.4, 0.5) is 5.69 Å². The highest BCUT2D eigenvalue weighted by Gasteiger charge is 2.74. The zero-order valence-electron chi connectivity index (χ0n) is 24.6. The molecule has 2 aromatic rings. The van der Waals surface area contributed by atoms with Gasteiger partial charge in [0.1, 0.15) is 6.04 Å². The third-order valence-corrected chi connectivity index (χ3v) is 11.2. The number of likely N-dealkylation sites (tertiary alicyclic amines) is 1. The minimum Gasteiger partial charge on any atom is -0.394 e. The lowest BCUT2D eigenvalue weighted by atomic mass is 9.70. The Bertz CT molecular complexity index is 1360. The van der Waals surface area contributed by atoms with Crippen molar-refractivity contribution in [1.82, 2.24) is 9.80 Å². The molecule has 0 aromatic heterocycles. The van der Waals surface area contributed by atoms with Crippen LogP contribution in [0.1, 0.15) is 31.7 Å². The maximum atomic E-state index is 14.8. The van der Waals surface area contributed by atoms with Gasteiger partial charge in [-0.15, -0.1) is 24.9 Å². The summed E-state index contributed by atoms with van der Waals surface area (Å²) in [5.41, 5.74) is 1.61. The van der Waals surface area contributed by atoms with Crippen LogP contribution in [0.15, 0.2) is 79.9 Å². The van der Waals surface area contributed by atoms with Crippen molar-refractivity contribution in [2.45, 2.75) is 54.7 Å². The van der Waals surface area contributed by atoms with E-state index in [1.807, 2.05) is 37.3 Å². The number of anilines is 1. The first-order valence-corrected chi connectivity index (χ1v) is 16.3. The molecule has 9 heteroatoms. The molecule has 6 atom stereocenters. The third-order valence-electron chi connectivity index (χ3n) is 9.05. The largest absolute Gasteiger partial charge is 0.394 e. The Morgan fingerprint density at radius 2 is 1.81 bits per heavy atom. The molecule has 1 spiro atoms. The number of thioether (sulfide) groups is 1. The number of halogens is 1. The number of hydrogen-bond donors (Lipinski definition) is 1. The monoisotopic (exact) mass is 621 g/mol. The number of benzene rings is 2. The summed E-state index contributed by atoms with van der Waals surface area (Å²) in [5.74, 6) is -1.68. The molecule has 0 saturated carbocycles. The molecule has 0 radical (unpaired) electrons. The van der Waals surface area contributed by atoms with E-state index in [4.69, 9.17) is 11.6 Å². The molecule has 0 aliphatic carbocycles. The highest BCUT2D eigenvalue weighted by molar-refractivity contribution is 8.02. The molecular weight excluding hydrogens is 582 g/mol. The summed E-state index contributed by atoms with van der Waals surface area (Å²) in [6, 6.07) is 15.2. The Balaban J connectivity index is 1.60. The first-order chi connectivity index (χ1) is 20.8. The number of carbonyl (C=O) groups excluding carboxylic acids is 3. The Morgan fingerprint density at radius 1 is 1.12 bits per heavy atom. The molecule has 3 fully saturated rings. The highest BCUT2D eigenvalue weighted by atomic mass is 35.5. The Hall–Kier alpha value is -3.07. The lowest BCUT2D eigenvalue weighted by molar-refractivity contribution is -0.145. The number of nitrogens with zero attached hydrogens (tertiary/aromatic N) is 3. The van der Waals surface area contributed by atoms with Crippen molar-refractivity contribution < 1.29 is 19.5 Å². The molecule has 3 saturated heterocycles. The van der Waals surface area contributed by atoms with Crippen molar-refractivity contribution >= 4 is 46.8 Å². The van der Waals surface area contributed by atoms with Gasteiger partial charge in [0, 0.05) is 35.6 Å². The van der Waals surface area contributed by atoms with E-state index in [0.29, 0.717) is 36.6 Å². The van der Waals surface area contributed by atoms with Crippen LogP contribution >= 0.6 is 23.4 Å². The number of hydrogen-bond acceptors (Lipinski definition) is 5. The average molecular weight is 622 g/mol. The fraction of sp³-hybridized carbons (Fsp3) is 0.441. The van der Waals surface area contributed by atoms with Crippen molar-refractivity contribution in [3.05, 3.63) is 90.5 Å². The van der Waals surface area contributed by atoms with E-state index in [-0.39, 0.29) is 36.1 Å². The zero-order valence-corrected chi connectivity index (χ0v) is 26.2. The summed E-state index contributed by atoms with van der Waals surface area (Å²) in [7, 11) is 0. The average Bonchev–Trinajstić information content (AvgIpc) is 3.66. The van der Waals surface area contributed by atoms with Crippen LogP contribution in [0.2, 0.25) is 5.02 Å². The van der Waals surface area contributed by atoms with Gasteiger partial charge in [-0.3, -0.25) is 14.4 Å². The zero-order chi connectivity index (χ0) is 30.7. The predicted molar refractivity (Wildman–Crippen MR) is 173 cm³/mol. The predicted octanol–water partition coefficient (Wildman–Crippen LogP) is 4.98. The van der Waals surface area contributed by atoms with Crippen molar-refractivity contribution in [2.24, 2.45) is 11.8 Å². The molecule has 3 heterocycles. The van der Waals surface area contributed by atoms with Crippen LogP contribution in [-0.2, 0) is 20.8 Å². The second-order valence-corrected chi connectivity index (χ2v) is 13.7. The van der Waals surface area contributed by atoms with Gasteiger partial charge in [0.05, 0.1) is 29.2 Å². The van der Waals surface area contributed by atoms with Crippen molar-refractivity contribution in [1.29, 1.82) is 0 Å². The van der Waals surface area contributed by atoms with Crippen LogP contribution in [0.25, 0.3) is 0 Å². The van der Waals surface area contributed by atoms with E-state index in [0.717, 1.165) is 18.4 Å². The number of carbonyl (C=O) groups is 3. The molecule has 1 N–H and O–H groups in total. The Kier molecular flexibility index (Phi) is 9.69. The van der Waals surface area contributed by atoms with Crippen molar-refractivity contribution in [2.75, 3.05) is 31.1 Å². The molecule has 7 nitrogen and oxygen atoms in total. The summed E-state index contributed by atoms with van der Waals surface area (Å²) in [6.45, 7) is 10.7. The summed E-state index contributed by atoms with van der Waals surface area (Å²) in [4.78, 5) is 48.7. The van der Waals surface area contributed by atoms with Gasteiger partial charge < -0.3 is 19.8 Å². The molecule has 3 aliphatic heterocycles. The highest BCUT2D eigenvalue weighted by Crippen LogP contribution is 2.67. The quantitative estimate of drug-likeness (QED) is 0.319. The first kappa shape index (κ1) is 31.4. The summed E-state index contributed by atoms with van der Waals surface area (Å²) in [5, 5.41) is 11.3. The fourth-order valence-corrected chi connectivity index (χ4v) is 9.65. The normalized spacial score (nSPS) is 26.2. The van der Waals surface area contributed by atoms with Gasteiger partial charge in [0.2, 0.25) is 11.8 Å². The molecular formula is C34H40ClN3O4S. The van der Waals surface area contributed by atoms with Gasteiger partial charge in [-0.25, -0.2) is 0 Å². The number of fused-ring (bicyclic) bond motifs is 1. The molecule has 2 bridgehead atoms. The standard InChI is InChI=1S/C34H40ClN3O4S/c1-4-18-36(19-5-2)31(40)28-27-16-17-34(43-27)29(28)32(41)38(26(22-39)21-23-10-8-7-9-11-23)30(34)33(42)37(20-6-3)25-14-12-24(35)13-15-25/h4,6-15,26-30,39H,1,3,5,16-22H2,2H3/t26-,27-,28+,29+,30?,34?/m1/s1. The van der Waals surface area contributed by atoms with E-state index in [1.165, 1.54) is 0 Å². The van der Waals surface area contributed by atoms with Gasteiger partial charge in [0.15, 0.2) is 0 Å². The summed E-state index contributed by atoms with van der Waals surface area (Å²) >= 11 is 7.81. The summed E-state index contributed by atoms with van der Waals surface area (Å²) in [6.07, 6.45) is 5.98. The minimum atomic E-state index is -0.853. The molecule has 228 valence electrons. The smallest absolute Gasteiger partial charge is 0.251 e. The van der Waals surface area contributed by atoms with Crippen LogP contribution in [0.5, 0.6) is 0 Å². The van der Waals surface area contributed by atoms with Gasteiger partial charge in [-0.2, -0.15) is 0 Å². The van der Waals surface area contributed by atoms with Crippen LogP contribution in [-0.4, -0.2) is 80.9 Å². The lowest BCUT2D eigenvalue weighted by Crippen LogP contribution is -2.58. The molecule has 2 unspecified atom stereocenters. The molecule has 43 heavy (non-hydrogen) atoms. The summed E-state index contributed by atoms with van der Waals surface area (Å²) < 4.78 is -0.777. The van der Waals surface area contributed by atoms with Crippen LogP contribution in [0.3, 0.4) is 0 Å². The Labute approximate surface area is 263 Å². The Morgan fingerprint density at radius 3 is 2.44 bits per heavy atom. The number of aliphatic hydroxyl groups is 1. The maximum Gasteiger partial charge on any atom is 0.251 e. The van der Waals surface area contributed by atoms with Crippen LogP contribution < -0.4 is 4.90 Å². The number of amides is 3. The number of rotatable bonds is 13. The molecule has 3 amide bonds. The maximum absolute atomic E-state index is 14.8. The first-order valence-electron chi connectivity index (χ1n) is 15.0. The lowest BCUT2D eigenvalue weighted by Gasteiger charge is -2.39. The second kappa shape index (κ2) is 13.3. The van der Waals surface area contributed by atoms with Crippen LogP contribution in [0, 0.1) is 11.8 Å². The van der Waals surface area contributed by atoms with E-state index < -0.39 is 28.7 Å². The van der Waals surface area contributed by atoms with Gasteiger partial charge >= 0.3 is 0 Å². The van der Waals surface area contributed by atoms with Gasteiger partial charge in [0.25, 0.3) is 5.91 Å². The third kappa shape index (κ3) is 5.65. The van der Waals surface area contributed by atoms with Gasteiger partial charge in [-0.1, -0.05) is 61.0 Å².